The Labute approximate surface area is 199 Å². The van der Waals surface area contributed by atoms with Crippen LogP contribution in [0.4, 0.5) is 15.9 Å². The lowest BCUT2D eigenvalue weighted by Gasteiger charge is -2.36. The molecule has 3 saturated heterocycles. The average Bonchev–Trinajstić information content (AvgIpc) is 2.84. The summed E-state index contributed by atoms with van der Waals surface area (Å²) in [6.07, 6.45) is 8.00. The highest BCUT2D eigenvalue weighted by Gasteiger charge is 2.33. The second-order valence-corrected chi connectivity index (χ2v) is 9.60. The summed E-state index contributed by atoms with van der Waals surface area (Å²) >= 11 is 0. The molecule has 0 saturated carbocycles. The number of rotatable bonds is 7. The highest BCUT2D eigenvalue weighted by atomic mass is 19.1. The van der Waals surface area contributed by atoms with Crippen molar-refractivity contribution in [2.75, 3.05) is 43.4 Å². The van der Waals surface area contributed by atoms with E-state index < -0.39 is 17.6 Å². The van der Waals surface area contributed by atoms with Crippen LogP contribution in [0, 0.1) is 29.0 Å². The number of hydrogen-bond acceptors (Lipinski definition) is 7. The SMILES string of the molecule is CNc1c(C(=N)C2CCC(=O)NC2=O)cnc(N2CCC(CC3CCN(C=O)CC3)CC2)c1F. The van der Waals surface area contributed by atoms with Crippen LogP contribution in [0.15, 0.2) is 6.20 Å². The van der Waals surface area contributed by atoms with Crippen molar-refractivity contribution in [1.29, 1.82) is 5.41 Å². The molecule has 0 aromatic carbocycles. The van der Waals surface area contributed by atoms with E-state index in [4.69, 9.17) is 5.41 Å². The smallest absolute Gasteiger partial charge is 0.235 e. The van der Waals surface area contributed by atoms with Crippen molar-refractivity contribution in [2.45, 2.75) is 44.9 Å². The van der Waals surface area contributed by atoms with Gasteiger partial charge in [0.2, 0.25) is 18.2 Å². The van der Waals surface area contributed by atoms with Gasteiger partial charge in [-0.15, -0.1) is 0 Å². The number of halogens is 1. The molecule has 1 atom stereocenters. The van der Waals surface area contributed by atoms with Crippen LogP contribution in [0.1, 0.15) is 50.5 Å². The third-order valence-corrected chi connectivity index (χ3v) is 7.51. The molecule has 4 rings (SSSR count). The van der Waals surface area contributed by atoms with Crippen molar-refractivity contribution >= 4 is 35.4 Å². The average molecular weight is 473 g/mol. The summed E-state index contributed by atoms with van der Waals surface area (Å²) < 4.78 is 15.5. The number of amides is 3. The number of carbonyl (C=O) groups is 3. The van der Waals surface area contributed by atoms with E-state index in [2.05, 4.69) is 15.6 Å². The van der Waals surface area contributed by atoms with Crippen LogP contribution in [-0.4, -0.2) is 67.0 Å². The Morgan fingerprint density at radius 1 is 1.18 bits per heavy atom. The summed E-state index contributed by atoms with van der Waals surface area (Å²) in [5, 5.41) is 13.6. The van der Waals surface area contributed by atoms with Crippen LogP contribution in [0.3, 0.4) is 0 Å². The minimum absolute atomic E-state index is 0.0355. The normalized spacial score (nSPS) is 22.5. The van der Waals surface area contributed by atoms with E-state index in [-0.39, 0.29) is 41.5 Å². The Morgan fingerprint density at radius 2 is 1.82 bits per heavy atom. The maximum absolute atomic E-state index is 15.5. The number of aromatic nitrogens is 1. The summed E-state index contributed by atoms with van der Waals surface area (Å²) in [7, 11) is 1.59. The molecule has 3 fully saturated rings. The van der Waals surface area contributed by atoms with Crippen LogP contribution in [0.5, 0.6) is 0 Å². The lowest BCUT2D eigenvalue weighted by molar-refractivity contribution is -0.134. The molecule has 3 aliphatic heterocycles. The van der Waals surface area contributed by atoms with Crippen LogP contribution >= 0.6 is 0 Å². The quantitative estimate of drug-likeness (QED) is 0.318. The van der Waals surface area contributed by atoms with Crippen molar-refractivity contribution in [3.8, 4) is 0 Å². The fourth-order valence-electron chi connectivity index (χ4n) is 5.45. The van der Waals surface area contributed by atoms with Gasteiger partial charge in [0, 0.05) is 51.4 Å². The molecule has 0 bridgehead atoms. The van der Waals surface area contributed by atoms with Gasteiger partial charge in [-0.25, -0.2) is 9.37 Å². The summed E-state index contributed by atoms with van der Waals surface area (Å²) in [5.74, 6) is -0.680. The monoisotopic (exact) mass is 472 g/mol. The molecule has 3 amide bonds. The number of piperidine rings is 3. The maximum Gasteiger partial charge on any atom is 0.235 e. The summed E-state index contributed by atoms with van der Waals surface area (Å²) in [6, 6.07) is 0. The number of pyridine rings is 1. The van der Waals surface area contributed by atoms with Crippen LogP contribution < -0.4 is 15.5 Å². The first-order valence-corrected chi connectivity index (χ1v) is 12.1. The molecule has 0 radical (unpaired) electrons. The van der Waals surface area contributed by atoms with Gasteiger partial charge in [0.05, 0.1) is 17.3 Å². The molecule has 0 spiro atoms. The first-order chi connectivity index (χ1) is 16.4. The van der Waals surface area contributed by atoms with E-state index in [0.29, 0.717) is 11.8 Å². The lowest BCUT2D eigenvalue weighted by Crippen LogP contribution is -2.44. The van der Waals surface area contributed by atoms with Gasteiger partial charge < -0.3 is 20.5 Å². The minimum Gasteiger partial charge on any atom is -0.385 e. The molecule has 4 heterocycles. The largest absolute Gasteiger partial charge is 0.385 e. The molecule has 0 aliphatic carbocycles. The highest BCUT2D eigenvalue weighted by Crippen LogP contribution is 2.34. The van der Waals surface area contributed by atoms with Crippen molar-refractivity contribution in [1.82, 2.24) is 15.2 Å². The molecule has 34 heavy (non-hydrogen) atoms. The van der Waals surface area contributed by atoms with Crippen LogP contribution in [0.25, 0.3) is 0 Å². The summed E-state index contributed by atoms with van der Waals surface area (Å²) in [5.41, 5.74) is 0.366. The standard InChI is InChI=1S/C24H33FN6O3/c1-27-22-18(21(26)17-2-3-19(33)29-24(17)34)13-28-23(20(22)25)31-10-6-16(7-11-31)12-15-4-8-30(14-32)9-5-15/h13-17,26H,2-12H2,1H3,(H,27,28)(H,29,33,34). The minimum atomic E-state index is -0.800. The van der Waals surface area contributed by atoms with Gasteiger partial charge in [-0.3, -0.25) is 19.7 Å². The Kier molecular flexibility index (Phi) is 7.43. The van der Waals surface area contributed by atoms with Gasteiger partial charge in [0.25, 0.3) is 0 Å². The van der Waals surface area contributed by atoms with Gasteiger partial charge in [-0.05, 0) is 50.4 Å². The van der Waals surface area contributed by atoms with E-state index in [0.717, 1.165) is 64.7 Å². The lowest BCUT2D eigenvalue weighted by atomic mass is 9.83. The first kappa shape index (κ1) is 24.1. The van der Waals surface area contributed by atoms with E-state index in [1.165, 1.54) is 6.20 Å². The van der Waals surface area contributed by atoms with Gasteiger partial charge in [0.15, 0.2) is 11.6 Å². The molecule has 3 aliphatic rings. The number of nitrogens with one attached hydrogen (secondary N) is 3. The zero-order valence-corrected chi connectivity index (χ0v) is 19.6. The Bertz CT molecular complexity index is 954. The number of hydrogen-bond donors (Lipinski definition) is 3. The van der Waals surface area contributed by atoms with E-state index in [1.807, 2.05) is 9.80 Å². The highest BCUT2D eigenvalue weighted by molar-refractivity contribution is 6.17. The fourth-order valence-corrected chi connectivity index (χ4v) is 5.45. The summed E-state index contributed by atoms with van der Waals surface area (Å²) in [6.45, 7) is 3.12. The second kappa shape index (κ2) is 10.5. The molecule has 184 valence electrons. The van der Waals surface area contributed by atoms with Gasteiger partial charge in [-0.2, -0.15) is 0 Å². The van der Waals surface area contributed by atoms with E-state index in [9.17, 15) is 14.4 Å². The molecule has 1 aromatic heterocycles. The Balaban J connectivity index is 1.39. The number of imide groups is 1. The Morgan fingerprint density at radius 3 is 2.41 bits per heavy atom. The van der Waals surface area contributed by atoms with Crippen molar-refractivity contribution in [2.24, 2.45) is 17.8 Å². The first-order valence-electron chi connectivity index (χ1n) is 12.1. The topological polar surface area (TPSA) is 118 Å². The van der Waals surface area contributed by atoms with Gasteiger partial charge >= 0.3 is 0 Å². The zero-order chi connectivity index (χ0) is 24.2. The molecule has 1 unspecified atom stereocenters. The van der Waals surface area contributed by atoms with E-state index in [1.54, 1.807) is 7.05 Å². The number of likely N-dealkylation sites (tertiary alicyclic amines) is 1. The van der Waals surface area contributed by atoms with Crippen molar-refractivity contribution < 1.29 is 18.8 Å². The molecular weight excluding hydrogens is 439 g/mol. The third-order valence-electron chi connectivity index (χ3n) is 7.51. The van der Waals surface area contributed by atoms with Crippen LogP contribution in [-0.2, 0) is 14.4 Å². The van der Waals surface area contributed by atoms with Crippen molar-refractivity contribution in [3.05, 3.63) is 17.6 Å². The maximum atomic E-state index is 15.5. The summed E-state index contributed by atoms with van der Waals surface area (Å²) in [4.78, 5) is 42.7. The molecule has 3 N–H and O–H groups in total. The fraction of sp³-hybridized carbons (Fsp3) is 0.625. The zero-order valence-electron chi connectivity index (χ0n) is 19.6. The third kappa shape index (κ3) is 5.05. The Hall–Kier alpha value is -3.04. The number of nitrogens with zero attached hydrogens (tertiary/aromatic N) is 3. The molecule has 10 heteroatoms. The molecule has 9 nitrogen and oxygen atoms in total. The predicted octanol–water partition coefficient (Wildman–Crippen LogP) is 2.16. The van der Waals surface area contributed by atoms with Gasteiger partial charge in [-0.1, -0.05) is 0 Å². The van der Waals surface area contributed by atoms with E-state index >= 15 is 4.39 Å². The van der Waals surface area contributed by atoms with Crippen molar-refractivity contribution in [3.63, 3.8) is 0 Å². The van der Waals surface area contributed by atoms with Gasteiger partial charge in [0.1, 0.15) is 0 Å². The number of anilines is 2. The predicted molar refractivity (Wildman–Crippen MR) is 126 cm³/mol. The number of carbonyl (C=O) groups excluding carboxylic acids is 3. The second-order valence-electron chi connectivity index (χ2n) is 9.60. The van der Waals surface area contributed by atoms with Crippen LogP contribution in [0.2, 0.25) is 0 Å². The molecule has 1 aromatic rings. The molecular formula is C24H33FN6O3.